The van der Waals surface area contributed by atoms with Gasteiger partial charge >= 0.3 is 0 Å². The van der Waals surface area contributed by atoms with Crippen LogP contribution in [0.5, 0.6) is 5.75 Å². The molecule has 0 aliphatic rings. The number of ether oxygens (including phenoxy) is 1. The number of aromatic nitrogens is 2. The van der Waals surface area contributed by atoms with Crippen molar-refractivity contribution in [3.8, 4) is 5.75 Å². The topological polar surface area (TPSA) is 64.1 Å². The summed E-state index contributed by atoms with van der Waals surface area (Å²) in [5, 5.41) is 3.47. The van der Waals surface area contributed by atoms with Gasteiger partial charge < -0.3 is 10.1 Å². The third-order valence-corrected chi connectivity index (χ3v) is 6.63. The highest BCUT2D eigenvalue weighted by molar-refractivity contribution is 8.01. The number of anilines is 1. The van der Waals surface area contributed by atoms with Crippen LogP contribution in [0.1, 0.15) is 6.92 Å². The molecule has 0 spiro atoms. The molecule has 2 aromatic heterocycles. The van der Waals surface area contributed by atoms with Crippen LogP contribution in [0.4, 0.5) is 5.13 Å². The fourth-order valence-electron chi connectivity index (χ4n) is 2.41. The van der Waals surface area contributed by atoms with Crippen LogP contribution in [-0.4, -0.2) is 28.2 Å². The first-order valence-electron chi connectivity index (χ1n) is 8.03. The van der Waals surface area contributed by atoms with E-state index < -0.39 is 0 Å². The Hall–Kier alpha value is -2.16. The third-order valence-electron chi connectivity index (χ3n) is 3.52. The predicted octanol–water partition coefficient (Wildman–Crippen LogP) is 5.04. The van der Waals surface area contributed by atoms with E-state index in [4.69, 9.17) is 4.74 Å². The molecule has 8 heteroatoms. The number of benzene rings is 2. The molecule has 0 aliphatic carbocycles. The number of rotatable bonds is 6. The summed E-state index contributed by atoms with van der Waals surface area (Å²) in [5.41, 5.74) is 1.82. The van der Waals surface area contributed by atoms with Crippen molar-refractivity contribution in [3.63, 3.8) is 0 Å². The van der Waals surface area contributed by atoms with E-state index in [2.05, 4.69) is 15.3 Å². The molecule has 0 bridgehead atoms. The molecular formula is C18H15N3O2S3. The number of carbonyl (C=O) groups is 1. The summed E-state index contributed by atoms with van der Waals surface area (Å²) >= 11 is 4.49. The normalized spacial score (nSPS) is 11.1. The van der Waals surface area contributed by atoms with Gasteiger partial charge in [-0.3, -0.25) is 4.79 Å². The van der Waals surface area contributed by atoms with Gasteiger partial charge in [0.2, 0.25) is 5.91 Å². The zero-order valence-corrected chi connectivity index (χ0v) is 16.3. The van der Waals surface area contributed by atoms with Gasteiger partial charge in [-0.2, -0.15) is 0 Å². The third kappa shape index (κ3) is 3.82. The van der Waals surface area contributed by atoms with Crippen LogP contribution in [-0.2, 0) is 4.79 Å². The van der Waals surface area contributed by atoms with Crippen LogP contribution in [0, 0.1) is 0 Å². The monoisotopic (exact) mass is 401 g/mol. The Morgan fingerprint density at radius 1 is 1.12 bits per heavy atom. The summed E-state index contributed by atoms with van der Waals surface area (Å²) in [6.45, 7) is 2.57. The average molecular weight is 402 g/mol. The Morgan fingerprint density at radius 3 is 2.81 bits per heavy atom. The van der Waals surface area contributed by atoms with E-state index in [-0.39, 0.29) is 5.91 Å². The lowest BCUT2D eigenvalue weighted by atomic mass is 10.3. The standard InChI is InChI=1S/C18H15N3O2S3/c1-2-23-11-7-8-13-15(9-11)25-17(19-13)21-16(22)10-24-18-20-12-5-3-4-6-14(12)26-18/h3-9H,2,10H2,1H3,(H,19,21,22). The van der Waals surface area contributed by atoms with E-state index in [1.807, 2.05) is 49.4 Å². The van der Waals surface area contributed by atoms with Gasteiger partial charge in [0.1, 0.15) is 5.75 Å². The number of thioether (sulfide) groups is 1. The summed E-state index contributed by atoms with van der Waals surface area (Å²) in [6, 6.07) is 13.7. The minimum Gasteiger partial charge on any atom is -0.494 e. The van der Waals surface area contributed by atoms with E-state index in [0.29, 0.717) is 17.5 Å². The first-order chi connectivity index (χ1) is 12.7. The molecule has 0 aliphatic heterocycles. The highest BCUT2D eigenvalue weighted by atomic mass is 32.2. The summed E-state index contributed by atoms with van der Waals surface area (Å²) in [6.07, 6.45) is 0. The molecule has 5 nitrogen and oxygen atoms in total. The van der Waals surface area contributed by atoms with E-state index in [1.54, 1.807) is 11.3 Å². The van der Waals surface area contributed by atoms with E-state index in [1.165, 1.54) is 23.1 Å². The predicted molar refractivity (Wildman–Crippen MR) is 110 cm³/mol. The molecule has 1 amide bonds. The van der Waals surface area contributed by atoms with Crippen molar-refractivity contribution in [1.82, 2.24) is 9.97 Å². The Bertz CT molecular complexity index is 1040. The van der Waals surface area contributed by atoms with Crippen molar-refractivity contribution < 1.29 is 9.53 Å². The fraction of sp³-hybridized carbons (Fsp3) is 0.167. The maximum Gasteiger partial charge on any atom is 0.236 e. The van der Waals surface area contributed by atoms with Crippen molar-refractivity contribution in [2.24, 2.45) is 0 Å². The number of para-hydroxylation sites is 1. The van der Waals surface area contributed by atoms with Crippen molar-refractivity contribution in [1.29, 1.82) is 0 Å². The zero-order valence-electron chi connectivity index (χ0n) is 13.9. The van der Waals surface area contributed by atoms with Gasteiger partial charge in [0, 0.05) is 0 Å². The molecule has 0 unspecified atom stereocenters. The fourth-order valence-corrected chi connectivity index (χ4v) is 5.19. The summed E-state index contributed by atoms with van der Waals surface area (Å²) in [4.78, 5) is 21.2. The Labute approximate surface area is 162 Å². The summed E-state index contributed by atoms with van der Waals surface area (Å²) < 4.78 is 8.52. The second kappa shape index (κ2) is 7.61. The van der Waals surface area contributed by atoms with Gasteiger partial charge in [-0.1, -0.05) is 35.2 Å². The number of nitrogens with one attached hydrogen (secondary N) is 1. The van der Waals surface area contributed by atoms with E-state index >= 15 is 0 Å². The molecular weight excluding hydrogens is 386 g/mol. The summed E-state index contributed by atoms with van der Waals surface area (Å²) in [7, 11) is 0. The van der Waals surface area contributed by atoms with Crippen LogP contribution < -0.4 is 10.1 Å². The lowest BCUT2D eigenvalue weighted by molar-refractivity contribution is -0.113. The number of amides is 1. The molecule has 0 atom stereocenters. The van der Waals surface area contributed by atoms with Crippen LogP contribution in [0.15, 0.2) is 46.8 Å². The van der Waals surface area contributed by atoms with E-state index in [9.17, 15) is 4.79 Å². The van der Waals surface area contributed by atoms with Crippen molar-refractivity contribution in [3.05, 3.63) is 42.5 Å². The van der Waals surface area contributed by atoms with Gasteiger partial charge in [0.05, 0.1) is 32.8 Å². The lowest BCUT2D eigenvalue weighted by Crippen LogP contribution is -2.13. The molecule has 2 heterocycles. The largest absolute Gasteiger partial charge is 0.494 e. The maximum atomic E-state index is 12.2. The van der Waals surface area contributed by atoms with Gasteiger partial charge in [0.15, 0.2) is 9.47 Å². The number of carbonyl (C=O) groups excluding carboxylic acids is 1. The molecule has 4 rings (SSSR count). The number of nitrogens with zero attached hydrogens (tertiary/aromatic N) is 2. The minimum absolute atomic E-state index is 0.0849. The van der Waals surface area contributed by atoms with Gasteiger partial charge in [-0.25, -0.2) is 9.97 Å². The number of fused-ring (bicyclic) bond motifs is 2. The highest BCUT2D eigenvalue weighted by Gasteiger charge is 2.11. The molecule has 132 valence electrons. The van der Waals surface area contributed by atoms with Crippen molar-refractivity contribution >= 4 is 65.9 Å². The molecule has 1 N–H and O–H groups in total. The highest BCUT2D eigenvalue weighted by Crippen LogP contribution is 2.31. The minimum atomic E-state index is -0.0849. The van der Waals surface area contributed by atoms with E-state index in [0.717, 1.165) is 30.5 Å². The van der Waals surface area contributed by atoms with Gasteiger partial charge in [0.25, 0.3) is 0 Å². The second-order valence-electron chi connectivity index (χ2n) is 5.37. The Balaban J connectivity index is 1.40. The average Bonchev–Trinajstić information content (AvgIpc) is 3.22. The molecule has 2 aromatic carbocycles. The first kappa shape index (κ1) is 17.3. The number of hydrogen-bond acceptors (Lipinski definition) is 7. The quantitative estimate of drug-likeness (QED) is 0.459. The molecule has 4 aromatic rings. The van der Waals surface area contributed by atoms with Crippen molar-refractivity contribution in [2.75, 3.05) is 17.7 Å². The van der Waals surface area contributed by atoms with Crippen LogP contribution in [0.25, 0.3) is 20.4 Å². The molecule has 0 radical (unpaired) electrons. The zero-order chi connectivity index (χ0) is 17.9. The van der Waals surface area contributed by atoms with Crippen LogP contribution >= 0.6 is 34.4 Å². The first-order valence-corrected chi connectivity index (χ1v) is 10.6. The molecule has 0 saturated carbocycles. The molecule has 26 heavy (non-hydrogen) atoms. The Morgan fingerprint density at radius 2 is 1.96 bits per heavy atom. The number of thiazole rings is 2. The molecule has 0 saturated heterocycles. The Kier molecular flexibility index (Phi) is 5.05. The van der Waals surface area contributed by atoms with Crippen LogP contribution in [0.3, 0.4) is 0 Å². The van der Waals surface area contributed by atoms with Crippen LogP contribution in [0.2, 0.25) is 0 Å². The molecule has 0 fully saturated rings. The smallest absolute Gasteiger partial charge is 0.236 e. The van der Waals surface area contributed by atoms with Gasteiger partial charge in [-0.15, -0.1) is 11.3 Å². The lowest BCUT2D eigenvalue weighted by Gasteiger charge is -2.00. The maximum absolute atomic E-state index is 12.2. The number of hydrogen-bond donors (Lipinski definition) is 1. The SMILES string of the molecule is CCOc1ccc2nc(NC(=O)CSc3nc4ccccc4s3)sc2c1. The summed E-state index contributed by atoms with van der Waals surface area (Å²) in [5.74, 6) is 1.03. The van der Waals surface area contributed by atoms with Crippen molar-refractivity contribution in [2.45, 2.75) is 11.3 Å². The van der Waals surface area contributed by atoms with Gasteiger partial charge in [-0.05, 0) is 37.3 Å². The second-order valence-corrected chi connectivity index (χ2v) is 8.65.